The molecular weight excluding hydrogens is 204 g/mol. The average molecular weight is 224 g/mol. The maximum absolute atomic E-state index is 5.60. The van der Waals surface area contributed by atoms with Crippen LogP contribution in [0.25, 0.3) is 0 Å². The van der Waals surface area contributed by atoms with Gasteiger partial charge in [0.15, 0.2) is 0 Å². The zero-order valence-corrected chi connectivity index (χ0v) is 10.5. The second kappa shape index (κ2) is 6.16. The van der Waals surface area contributed by atoms with Crippen molar-refractivity contribution in [2.24, 2.45) is 5.84 Å². The lowest BCUT2D eigenvalue weighted by Gasteiger charge is -2.19. The highest BCUT2D eigenvalue weighted by atomic mass is 32.2. The van der Waals surface area contributed by atoms with E-state index in [1.807, 2.05) is 11.8 Å². The maximum Gasteiger partial charge on any atom is 0.0553 e. The fourth-order valence-corrected chi connectivity index (χ4v) is 2.36. The molecule has 0 saturated heterocycles. The molecule has 1 aromatic rings. The molecule has 15 heavy (non-hydrogen) atoms. The standard InChI is InChI=1S/C12H20N2S/c1-4-15-8-12(14-13)11-7-5-6-9(2)10(11)3/h5-7,12,14H,4,8,13H2,1-3H3. The van der Waals surface area contributed by atoms with Crippen LogP contribution in [0.2, 0.25) is 0 Å². The fraction of sp³-hybridized carbons (Fsp3) is 0.500. The van der Waals surface area contributed by atoms with Gasteiger partial charge in [0.2, 0.25) is 0 Å². The third kappa shape index (κ3) is 3.23. The van der Waals surface area contributed by atoms with E-state index >= 15 is 0 Å². The second-order valence-electron chi connectivity index (χ2n) is 3.67. The summed E-state index contributed by atoms with van der Waals surface area (Å²) >= 11 is 1.91. The first kappa shape index (κ1) is 12.6. The summed E-state index contributed by atoms with van der Waals surface area (Å²) in [6.07, 6.45) is 0. The Morgan fingerprint density at radius 3 is 2.73 bits per heavy atom. The molecule has 1 aromatic carbocycles. The predicted molar refractivity (Wildman–Crippen MR) is 69.0 cm³/mol. The van der Waals surface area contributed by atoms with E-state index in [1.54, 1.807) is 0 Å². The minimum Gasteiger partial charge on any atom is -0.271 e. The van der Waals surface area contributed by atoms with E-state index in [2.05, 4.69) is 44.4 Å². The van der Waals surface area contributed by atoms with Gasteiger partial charge in [-0.15, -0.1) is 0 Å². The first-order valence-corrected chi connectivity index (χ1v) is 6.46. The van der Waals surface area contributed by atoms with Crippen LogP contribution in [0, 0.1) is 13.8 Å². The van der Waals surface area contributed by atoms with E-state index in [9.17, 15) is 0 Å². The number of aryl methyl sites for hydroxylation is 1. The van der Waals surface area contributed by atoms with Gasteiger partial charge in [0.1, 0.15) is 0 Å². The Kier molecular flexibility index (Phi) is 5.15. The third-order valence-corrected chi connectivity index (χ3v) is 3.69. The summed E-state index contributed by atoms with van der Waals surface area (Å²) in [6, 6.07) is 6.65. The van der Waals surface area contributed by atoms with E-state index in [0.29, 0.717) is 0 Å². The number of rotatable bonds is 5. The molecule has 0 saturated carbocycles. The molecule has 0 amide bonds. The second-order valence-corrected chi connectivity index (χ2v) is 4.99. The summed E-state index contributed by atoms with van der Waals surface area (Å²) in [7, 11) is 0. The highest BCUT2D eigenvalue weighted by Gasteiger charge is 2.12. The minimum atomic E-state index is 0.259. The molecule has 2 nitrogen and oxygen atoms in total. The number of thioether (sulfide) groups is 1. The van der Waals surface area contributed by atoms with Gasteiger partial charge >= 0.3 is 0 Å². The van der Waals surface area contributed by atoms with E-state index in [-0.39, 0.29) is 6.04 Å². The summed E-state index contributed by atoms with van der Waals surface area (Å²) < 4.78 is 0. The van der Waals surface area contributed by atoms with Crippen LogP contribution in [-0.4, -0.2) is 11.5 Å². The first-order chi connectivity index (χ1) is 7.20. The molecule has 0 heterocycles. The van der Waals surface area contributed by atoms with Crippen LogP contribution >= 0.6 is 11.8 Å². The minimum absolute atomic E-state index is 0.259. The molecule has 0 aliphatic rings. The lowest BCUT2D eigenvalue weighted by atomic mass is 9.99. The van der Waals surface area contributed by atoms with E-state index < -0.39 is 0 Å². The van der Waals surface area contributed by atoms with Crippen molar-refractivity contribution in [2.75, 3.05) is 11.5 Å². The molecule has 84 valence electrons. The van der Waals surface area contributed by atoms with Crippen molar-refractivity contribution in [1.82, 2.24) is 5.43 Å². The Labute approximate surface area is 96.6 Å². The van der Waals surface area contributed by atoms with E-state index in [1.165, 1.54) is 16.7 Å². The lowest BCUT2D eigenvalue weighted by molar-refractivity contribution is 0.607. The summed E-state index contributed by atoms with van der Waals surface area (Å²) in [4.78, 5) is 0. The summed E-state index contributed by atoms with van der Waals surface area (Å²) in [6.45, 7) is 6.46. The van der Waals surface area contributed by atoms with Gasteiger partial charge in [-0.2, -0.15) is 11.8 Å². The van der Waals surface area contributed by atoms with Crippen LogP contribution < -0.4 is 11.3 Å². The van der Waals surface area contributed by atoms with E-state index in [4.69, 9.17) is 5.84 Å². The van der Waals surface area contributed by atoms with Crippen molar-refractivity contribution in [1.29, 1.82) is 0 Å². The van der Waals surface area contributed by atoms with Gasteiger partial charge in [0.25, 0.3) is 0 Å². The molecule has 0 bridgehead atoms. The van der Waals surface area contributed by atoms with Crippen LogP contribution in [0.3, 0.4) is 0 Å². The lowest BCUT2D eigenvalue weighted by Crippen LogP contribution is -2.30. The van der Waals surface area contributed by atoms with Gasteiger partial charge in [-0.3, -0.25) is 11.3 Å². The molecule has 1 rings (SSSR count). The molecule has 3 N–H and O–H groups in total. The van der Waals surface area contributed by atoms with Gasteiger partial charge in [-0.1, -0.05) is 25.1 Å². The quantitative estimate of drug-likeness (QED) is 0.596. The Balaban J connectivity index is 2.86. The van der Waals surface area contributed by atoms with Gasteiger partial charge in [0.05, 0.1) is 6.04 Å². The Morgan fingerprint density at radius 1 is 1.40 bits per heavy atom. The number of hydrogen-bond acceptors (Lipinski definition) is 3. The smallest absolute Gasteiger partial charge is 0.0553 e. The van der Waals surface area contributed by atoms with Crippen LogP contribution in [0.4, 0.5) is 0 Å². The van der Waals surface area contributed by atoms with Gasteiger partial charge in [0, 0.05) is 5.75 Å². The summed E-state index contributed by atoms with van der Waals surface area (Å²) in [5.74, 6) is 7.75. The molecule has 0 aliphatic heterocycles. The molecule has 0 aliphatic carbocycles. The SMILES string of the molecule is CCSCC(NN)c1cccc(C)c1C. The number of benzene rings is 1. The molecule has 1 atom stereocenters. The molecule has 1 unspecified atom stereocenters. The maximum atomic E-state index is 5.60. The van der Waals surface area contributed by atoms with Crippen molar-refractivity contribution in [2.45, 2.75) is 26.8 Å². The topological polar surface area (TPSA) is 38.0 Å². The molecule has 0 aromatic heterocycles. The molecule has 3 heteroatoms. The van der Waals surface area contributed by atoms with Crippen molar-refractivity contribution < 1.29 is 0 Å². The molecule has 0 fully saturated rings. The van der Waals surface area contributed by atoms with Crippen LogP contribution in [0.1, 0.15) is 29.7 Å². The molecule has 0 spiro atoms. The van der Waals surface area contributed by atoms with E-state index in [0.717, 1.165) is 11.5 Å². The van der Waals surface area contributed by atoms with Crippen molar-refractivity contribution >= 4 is 11.8 Å². The third-order valence-electron chi connectivity index (χ3n) is 2.71. The Morgan fingerprint density at radius 2 is 2.13 bits per heavy atom. The normalized spacial score (nSPS) is 12.8. The molecule has 0 radical (unpaired) electrons. The van der Waals surface area contributed by atoms with Crippen molar-refractivity contribution in [3.8, 4) is 0 Å². The summed E-state index contributed by atoms with van der Waals surface area (Å²) in [5.41, 5.74) is 6.89. The first-order valence-electron chi connectivity index (χ1n) is 5.30. The van der Waals surface area contributed by atoms with Crippen LogP contribution in [-0.2, 0) is 0 Å². The number of nitrogens with two attached hydrogens (primary N) is 1. The predicted octanol–water partition coefficient (Wildman–Crippen LogP) is 2.56. The monoisotopic (exact) mass is 224 g/mol. The van der Waals surface area contributed by atoms with Crippen LogP contribution in [0.15, 0.2) is 18.2 Å². The number of hydrogen-bond donors (Lipinski definition) is 2. The van der Waals surface area contributed by atoms with Crippen molar-refractivity contribution in [3.05, 3.63) is 34.9 Å². The van der Waals surface area contributed by atoms with Crippen LogP contribution in [0.5, 0.6) is 0 Å². The fourth-order valence-electron chi connectivity index (χ4n) is 1.61. The zero-order chi connectivity index (χ0) is 11.3. The van der Waals surface area contributed by atoms with Gasteiger partial charge in [-0.25, -0.2) is 0 Å². The van der Waals surface area contributed by atoms with Gasteiger partial charge in [-0.05, 0) is 36.3 Å². The molecular formula is C12H20N2S. The highest BCUT2D eigenvalue weighted by Crippen LogP contribution is 2.22. The van der Waals surface area contributed by atoms with Gasteiger partial charge < -0.3 is 0 Å². The number of nitrogens with one attached hydrogen (secondary N) is 1. The number of hydrazine groups is 1. The zero-order valence-electron chi connectivity index (χ0n) is 9.71. The summed E-state index contributed by atoms with van der Waals surface area (Å²) in [5, 5.41) is 0. The average Bonchev–Trinajstić information content (AvgIpc) is 2.25. The Bertz CT molecular complexity index is 312. The highest BCUT2D eigenvalue weighted by molar-refractivity contribution is 7.99. The van der Waals surface area contributed by atoms with Crippen molar-refractivity contribution in [3.63, 3.8) is 0 Å². The largest absolute Gasteiger partial charge is 0.271 e. The Hall–Kier alpha value is -0.510.